The van der Waals surface area contributed by atoms with E-state index in [-0.39, 0.29) is 5.56 Å². The number of hydrogen-bond acceptors (Lipinski definition) is 6. The molecule has 4 rings (SSSR count). The summed E-state index contributed by atoms with van der Waals surface area (Å²) < 4.78 is 12.1. The zero-order chi connectivity index (χ0) is 19.5. The molecule has 0 spiro atoms. The van der Waals surface area contributed by atoms with Crippen molar-refractivity contribution in [3.8, 4) is 17.2 Å². The third-order valence-electron chi connectivity index (χ3n) is 4.32. The molecule has 4 aromatic rings. The number of nitrogens with zero attached hydrogens (tertiary/aromatic N) is 3. The Balaban J connectivity index is 1.75. The third kappa shape index (κ3) is 3.37. The summed E-state index contributed by atoms with van der Waals surface area (Å²) in [5, 5.41) is 3.79. The Hall–Kier alpha value is -3.87. The Labute approximate surface area is 161 Å². The first kappa shape index (κ1) is 17.5. The van der Waals surface area contributed by atoms with Crippen LogP contribution in [-0.4, -0.2) is 28.8 Å². The van der Waals surface area contributed by atoms with Crippen LogP contribution in [0.3, 0.4) is 0 Å². The van der Waals surface area contributed by atoms with Crippen LogP contribution in [0.2, 0.25) is 0 Å². The number of rotatable bonds is 5. The second-order valence-electron chi connectivity index (χ2n) is 6.09. The molecular formula is C21H18N4O3. The molecule has 140 valence electrons. The van der Waals surface area contributed by atoms with Gasteiger partial charge in [0.2, 0.25) is 0 Å². The van der Waals surface area contributed by atoms with Gasteiger partial charge < -0.3 is 14.8 Å². The van der Waals surface area contributed by atoms with Crippen molar-refractivity contribution < 1.29 is 9.47 Å². The van der Waals surface area contributed by atoms with E-state index in [1.54, 1.807) is 44.8 Å². The molecule has 1 N–H and O–H groups in total. The molecule has 2 aromatic heterocycles. The fourth-order valence-corrected chi connectivity index (χ4v) is 2.93. The molecule has 0 bridgehead atoms. The Bertz CT molecular complexity index is 1170. The van der Waals surface area contributed by atoms with E-state index in [1.807, 2.05) is 30.3 Å². The van der Waals surface area contributed by atoms with Crippen molar-refractivity contribution in [3.05, 3.63) is 77.6 Å². The van der Waals surface area contributed by atoms with Crippen LogP contribution in [0.5, 0.6) is 11.5 Å². The Morgan fingerprint density at radius 2 is 1.75 bits per heavy atom. The first-order chi connectivity index (χ1) is 13.7. The lowest BCUT2D eigenvalue weighted by atomic mass is 10.2. The summed E-state index contributed by atoms with van der Waals surface area (Å²) in [4.78, 5) is 21.4. The standard InChI is InChI=1S/C21H18N4O3/c1-27-17-8-15(9-18(11-17)28-2)24-14-5-6-20-19(10-14)21(26)25(13-23-20)16-4-3-7-22-12-16/h3-13,24H,1-2H3. The van der Waals surface area contributed by atoms with Crippen LogP contribution in [0.4, 0.5) is 11.4 Å². The molecule has 0 unspecified atom stereocenters. The van der Waals surface area contributed by atoms with Gasteiger partial charge in [0.05, 0.1) is 37.0 Å². The summed E-state index contributed by atoms with van der Waals surface area (Å²) in [5.41, 5.74) is 2.67. The normalized spacial score (nSPS) is 10.6. The van der Waals surface area contributed by atoms with Gasteiger partial charge >= 0.3 is 0 Å². The molecule has 0 fully saturated rings. The van der Waals surface area contributed by atoms with Crippen LogP contribution in [0, 0.1) is 0 Å². The molecule has 7 heteroatoms. The molecular weight excluding hydrogens is 356 g/mol. The minimum absolute atomic E-state index is 0.162. The van der Waals surface area contributed by atoms with Gasteiger partial charge in [0.1, 0.15) is 17.8 Å². The van der Waals surface area contributed by atoms with Gasteiger partial charge in [0.25, 0.3) is 5.56 Å². The molecule has 2 heterocycles. The summed E-state index contributed by atoms with van der Waals surface area (Å²) >= 11 is 0. The van der Waals surface area contributed by atoms with Crippen molar-refractivity contribution in [2.24, 2.45) is 0 Å². The van der Waals surface area contributed by atoms with Crippen LogP contribution in [-0.2, 0) is 0 Å². The number of benzene rings is 2. The van der Waals surface area contributed by atoms with Crippen LogP contribution >= 0.6 is 0 Å². The maximum Gasteiger partial charge on any atom is 0.265 e. The number of hydrogen-bond donors (Lipinski definition) is 1. The molecule has 0 aliphatic heterocycles. The quantitative estimate of drug-likeness (QED) is 0.576. The Kier molecular flexibility index (Phi) is 4.63. The smallest absolute Gasteiger partial charge is 0.265 e. The van der Waals surface area contributed by atoms with Crippen molar-refractivity contribution in [1.82, 2.24) is 14.5 Å². The summed E-state index contributed by atoms with van der Waals surface area (Å²) in [6.07, 6.45) is 4.80. The predicted octanol–water partition coefficient (Wildman–Crippen LogP) is 3.54. The molecule has 0 atom stereocenters. The van der Waals surface area contributed by atoms with Gasteiger partial charge in [-0.15, -0.1) is 0 Å². The molecule has 28 heavy (non-hydrogen) atoms. The van der Waals surface area contributed by atoms with E-state index in [0.717, 1.165) is 11.4 Å². The van der Waals surface area contributed by atoms with Gasteiger partial charge in [-0.2, -0.15) is 0 Å². The van der Waals surface area contributed by atoms with E-state index in [0.29, 0.717) is 28.1 Å². The first-order valence-corrected chi connectivity index (χ1v) is 8.60. The lowest BCUT2D eigenvalue weighted by Gasteiger charge is -2.12. The molecule has 0 aliphatic carbocycles. The van der Waals surface area contributed by atoms with Gasteiger partial charge in [-0.3, -0.25) is 14.3 Å². The SMILES string of the molecule is COc1cc(Nc2ccc3ncn(-c4cccnc4)c(=O)c3c2)cc(OC)c1. The van der Waals surface area contributed by atoms with E-state index in [1.165, 1.54) is 10.9 Å². The van der Waals surface area contributed by atoms with Gasteiger partial charge in [0.15, 0.2) is 0 Å². The molecule has 2 aromatic carbocycles. The lowest BCUT2D eigenvalue weighted by Crippen LogP contribution is -2.19. The number of fused-ring (bicyclic) bond motifs is 1. The second kappa shape index (κ2) is 7.40. The average Bonchev–Trinajstić information content (AvgIpc) is 2.74. The topological polar surface area (TPSA) is 78.3 Å². The number of methoxy groups -OCH3 is 2. The monoisotopic (exact) mass is 374 g/mol. The third-order valence-corrected chi connectivity index (χ3v) is 4.32. The van der Waals surface area contributed by atoms with Crippen molar-refractivity contribution in [1.29, 1.82) is 0 Å². The highest BCUT2D eigenvalue weighted by molar-refractivity contribution is 5.83. The largest absolute Gasteiger partial charge is 0.497 e. The second-order valence-corrected chi connectivity index (χ2v) is 6.09. The highest BCUT2D eigenvalue weighted by atomic mass is 16.5. The van der Waals surface area contributed by atoms with Gasteiger partial charge in [-0.25, -0.2) is 4.98 Å². The number of anilines is 2. The van der Waals surface area contributed by atoms with Crippen molar-refractivity contribution in [3.63, 3.8) is 0 Å². The van der Waals surface area contributed by atoms with Gasteiger partial charge in [-0.05, 0) is 30.3 Å². The molecule has 7 nitrogen and oxygen atoms in total. The highest BCUT2D eigenvalue weighted by Gasteiger charge is 2.08. The van der Waals surface area contributed by atoms with Crippen LogP contribution in [0.1, 0.15) is 0 Å². The number of nitrogens with one attached hydrogen (secondary N) is 1. The summed E-state index contributed by atoms with van der Waals surface area (Å²) in [5.74, 6) is 1.34. The van der Waals surface area contributed by atoms with Gasteiger partial charge in [-0.1, -0.05) is 0 Å². The first-order valence-electron chi connectivity index (χ1n) is 8.60. The van der Waals surface area contributed by atoms with Crippen LogP contribution in [0.25, 0.3) is 16.6 Å². The maximum absolute atomic E-state index is 13.0. The van der Waals surface area contributed by atoms with Gasteiger partial charge in [0, 0.05) is 35.8 Å². The zero-order valence-corrected chi connectivity index (χ0v) is 15.4. The fraction of sp³-hybridized carbons (Fsp3) is 0.0952. The van der Waals surface area contributed by atoms with E-state index < -0.39 is 0 Å². The van der Waals surface area contributed by atoms with E-state index >= 15 is 0 Å². The minimum Gasteiger partial charge on any atom is -0.497 e. The van der Waals surface area contributed by atoms with Crippen LogP contribution < -0.4 is 20.3 Å². The lowest BCUT2D eigenvalue weighted by molar-refractivity contribution is 0.395. The number of pyridine rings is 1. The average molecular weight is 374 g/mol. The molecule has 0 aliphatic rings. The Morgan fingerprint density at radius 1 is 0.964 bits per heavy atom. The summed E-state index contributed by atoms with van der Waals surface area (Å²) in [6, 6.07) is 14.5. The highest BCUT2D eigenvalue weighted by Crippen LogP contribution is 2.28. The summed E-state index contributed by atoms with van der Waals surface area (Å²) in [6.45, 7) is 0. The predicted molar refractivity (Wildman–Crippen MR) is 108 cm³/mol. The fourth-order valence-electron chi connectivity index (χ4n) is 2.93. The molecule has 0 saturated heterocycles. The van der Waals surface area contributed by atoms with Crippen molar-refractivity contribution in [2.45, 2.75) is 0 Å². The van der Waals surface area contributed by atoms with Crippen molar-refractivity contribution in [2.75, 3.05) is 19.5 Å². The number of ether oxygens (including phenoxy) is 2. The minimum atomic E-state index is -0.162. The van der Waals surface area contributed by atoms with Crippen molar-refractivity contribution >= 4 is 22.3 Å². The van der Waals surface area contributed by atoms with Crippen LogP contribution in [0.15, 0.2) is 72.0 Å². The van der Waals surface area contributed by atoms with E-state index in [2.05, 4.69) is 15.3 Å². The maximum atomic E-state index is 13.0. The van der Waals surface area contributed by atoms with E-state index in [9.17, 15) is 4.79 Å². The number of aromatic nitrogens is 3. The van der Waals surface area contributed by atoms with E-state index in [4.69, 9.17) is 9.47 Å². The molecule has 0 radical (unpaired) electrons. The summed E-state index contributed by atoms with van der Waals surface area (Å²) in [7, 11) is 3.20. The molecule has 0 saturated carbocycles. The Morgan fingerprint density at radius 3 is 2.43 bits per heavy atom. The molecule has 0 amide bonds. The zero-order valence-electron chi connectivity index (χ0n) is 15.4.